The number of pyridine rings is 1. The summed E-state index contributed by atoms with van der Waals surface area (Å²) in [4.78, 5) is 5.12. The lowest BCUT2D eigenvalue weighted by molar-refractivity contribution is 1.25. The molecule has 3 aromatic heterocycles. The highest BCUT2D eigenvalue weighted by Crippen LogP contribution is 2.41. The minimum atomic E-state index is 0.669. The Morgan fingerprint density at radius 2 is 1.16 bits per heavy atom. The van der Waals surface area contributed by atoms with Crippen molar-refractivity contribution in [2.45, 2.75) is 0 Å². The molecule has 0 atom stereocenters. The van der Waals surface area contributed by atoms with E-state index in [1.54, 1.807) is 0 Å². The van der Waals surface area contributed by atoms with Crippen molar-refractivity contribution in [3.8, 4) is 39.6 Å². The molecule has 0 amide bonds. The van der Waals surface area contributed by atoms with Crippen LogP contribution >= 0.6 is 11.3 Å². The van der Waals surface area contributed by atoms with E-state index in [1.165, 1.54) is 42.1 Å². The Balaban J connectivity index is 1.22. The second-order valence-electron chi connectivity index (χ2n) is 11.1. The van der Waals surface area contributed by atoms with E-state index >= 15 is 0 Å². The fourth-order valence-corrected chi connectivity index (χ4v) is 7.72. The highest BCUT2D eigenvalue weighted by atomic mass is 32.1. The zero-order valence-corrected chi connectivity index (χ0v) is 24.3. The number of aromatic nitrogens is 2. The molecule has 0 aliphatic heterocycles. The number of hydrogen-bond donors (Lipinski definition) is 0. The molecule has 0 radical (unpaired) electrons. The van der Waals surface area contributed by atoms with Gasteiger partial charge in [-0.1, -0.05) is 103 Å². The van der Waals surface area contributed by atoms with Gasteiger partial charge in [0.1, 0.15) is 0 Å². The molecule has 6 aromatic carbocycles. The number of para-hydroxylation sites is 2. The second kappa shape index (κ2) is 9.64. The van der Waals surface area contributed by atoms with E-state index in [0.717, 1.165) is 39.1 Å². The fraction of sp³-hybridized carbons (Fsp3) is 0. The zero-order chi connectivity index (χ0) is 29.2. The van der Waals surface area contributed by atoms with Gasteiger partial charge in [0.25, 0.3) is 0 Å². The Bertz CT molecular complexity index is 2600. The molecule has 44 heavy (non-hydrogen) atoms. The molecular formula is C40H23N3S. The zero-order valence-electron chi connectivity index (χ0n) is 23.5. The van der Waals surface area contributed by atoms with E-state index < -0.39 is 0 Å². The van der Waals surface area contributed by atoms with Crippen LogP contribution in [0.3, 0.4) is 0 Å². The Morgan fingerprint density at radius 1 is 0.568 bits per heavy atom. The summed E-state index contributed by atoms with van der Waals surface area (Å²) in [5.74, 6) is 0. The van der Waals surface area contributed by atoms with Crippen LogP contribution in [0, 0.1) is 11.3 Å². The smallest absolute Gasteiger partial charge is 0.156 e. The average molecular weight is 578 g/mol. The largest absolute Gasteiger partial charge is 0.291 e. The van der Waals surface area contributed by atoms with E-state index in [0.29, 0.717) is 5.56 Å². The normalized spacial score (nSPS) is 11.6. The predicted molar refractivity (Wildman–Crippen MR) is 184 cm³/mol. The van der Waals surface area contributed by atoms with Crippen molar-refractivity contribution in [2.24, 2.45) is 0 Å². The third-order valence-electron chi connectivity index (χ3n) is 8.66. The van der Waals surface area contributed by atoms with Gasteiger partial charge in [0.2, 0.25) is 0 Å². The van der Waals surface area contributed by atoms with E-state index in [2.05, 4.69) is 126 Å². The van der Waals surface area contributed by atoms with Gasteiger partial charge >= 0.3 is 0 Å². The van der Waals surface area contributed by atoms with Gasteiger partial charge in [-0.3, -0.25) is 4.40 Å². The van der Waals surface area contributed by atoms with Gasteiger partial charge in [0.05, 0.1) is 33.1 Å². The van der Waals surface area contributed by atoms with Crippen LogP contribution in [0.1, 0.15) is 5.56 Å². The first kappa shape index (κ1) is 24.8. The standard InChI is InChI=1S/C40H23N3S/c41-24-25-13-15-26(16-14-25)29-21-22-30(32-8-2-1-7-31(29)32)27-17-19-28(20-18-27)37-23-34-33-9-3-6-12-38(33)44-39(34)40-42-35-10-4-5-11-36(35)43(37)40/h1-23H. The topological polar surface area (TPSA) is 41.1 Å². The van der Waals surface area contributed by atoms with Crippen molar-refractivity contribution in [2.75, 3.05) is 0 Å². The maximum absolute atomic E-state index is 9.24. The minimum Gasteiger partial charge on any atom is -0.291 e. The van der Waals surface area contributed by atoms with Gasteiger partial charge in [0.15, 0.2) is 5.65 Å². The second-order valence-corrected chi connectivity index (χ2v) is 12.2. The summed E-state index contributed by atoms with van der Waals surface area (Å²) in [5.41, 5.74) is 10.7. The number of nitrogens with zero attached hydrogens (tertiary/aromatic N) is 3. The van der Waals surface area contributed by atoms with Crippen molar-refractivity contribution in [3.63, 3.8) is 0 Å². The molecule has 3 heterocycles. The van der Waals surface area contributed by atoms with E-state index in [1.807, 2.05) is 35.6 Å². The Kier molecular flexibility index (Phi) is 5.43. The molecule has 3 nitrogen and oxygen atoms in total. The summed E-state index contributed by atoms with van der Waals surface area (Å²) in [6, 6.07) is 51.4. The van der Waals surface area contributed by atoms with Crippen molar-refractivity contribution < 1.29 is 0 Å². The number of fused-ring (bicyclic) bond motifs is 8. The molecule has 0 unspecified atom stereocenters. The third-order valence-corrected chi connectivity index (χ3v) is 9.84. The highest BCUT2D eigenvalue weighted by molar-refractivity contribution is 7.26. The average Bonchev–Trinajstić information content (AvgIpc) is 3.67. The van der Waals surface area contributed by atoms with Crippen LogP contribution in [0.4, 0.5) is 0 Å². The van der Waals surface area contributed by atoms with Crippen molar-refractivity contribution in [3.05, 3.63) is 145 Å². The van der Waals surface area contributed by atoms with Crippen LogP contribution in [-0.2, 0) is 0 Å². The first-order valence-electron chi connectivity index (χ1n) is 14.6. The lowest BCUT2D eigenvalue weighted by Crippen LogP contribution is -1.93. The number of benzene rings is 6. The lowest BCUT2D eigenvalue weighted by Gasteiger charge is -2.13. The van der Waals surface area contributed by atoms with Crippen LogP contribution in [0.2, 0.25) is 0 Å². The molecule has 0 bridgehead atoms. The molecular weight excluding hydrogens is 555 g/mol. The summed E-state index contributed by atoms with van der Waals surface area (Å²) in [6.45, 7) is 0. The fourth-order valence-electron chi connectivity index (χ4n) is 6.56. The Morgan fingerprint density at radius 3 is 1.86 bits per heavy atom. The first-order chi connectivity index (χ1) is 21.8. The van der Waals surface area contributed by atoms with E-state index in [-0.39, 0.29) is 0 Å². The maximum atomic E-state index is 9.24. The Hall–Kier alpha value is -5.76. The molecule has 0 N–H and O–H groups in total. The van der Waals surface area contributed by atoms with Crippen LogP contribution in [0.25, 0.3) is 81.1 Å². The van der Waals surface area contributed by atoms with Gasteiger partial charge in [-0.25, -0.2) is 4.98 Å². The van der Waals surface area contributed by atoms with Crippen LogP contribution in [0.15, 0.2) is 140 Å². The van der Waals surface area contributed by atoms with Crippen molar-refractivity contribution in [1.82, 2.24) is 9.38 Å². The van der Waals surface area contributed by atoms with E-state index in [4.69, 9.17) is 4.98 Å². The molecule has 204 valence electrons. The van der Waals surface area contributed by atoms with Gasteiger partial charge in [-0.15, -0.1) is 11.3 Å². The lowest BCUT2D eigenvalue weighted by atomic mass is 9.91. The third kappa shape index (κ3) is 3.70. The summed E-state index contributed by atoms with van der Waals surface area (Å²) >= 11 is 1.81. The molecule has 9 rings (SSSR count). The summed E-state index contributed by atoms with van der Waals surface area (Å²) in [6.07, 6.45) is 0. The number of nitriles is 1. The van der Waals surface area contributed by atoms with Crippen molar-refractivity contribution >= 4 is 59.0 Å². The number of hydrogen-bond acceptors (Lipinski definition) is 3. The maximum Gasteiger partial charge on any atom is 0.156 e. The summed E-state index contributed by atoms with van der Waals surface area (Å²) in [5, 5.41) is 14.2. The molecule has 4 heteroatoms. The van der Waals surface area contributed by atoms with Crippen LogP contribution in [0.5, 0.6) is 0 Å². The van der Waals surface area contributed by atoms with Gasteiger partial charge in [-0.05, 0) is 75.0 Å². The molecule has 0 saturated heterocycles. The molecule has 9 aromatic rings. The van der Waals surface area contributed by atoms with Gasteiger partial charge in [-0.2, -0.15) is 5.26 Å². The minimum absolute atomic E-state index is 0.669. The van der Waals surface area contributed by atoms with Crippen LogP contribution in [-0.4, -0.2) is 9.38 Å². The monoisotopic (exact) mass is 577 g/mol. The number of thiophene rings is 1. The first-order valence-corrected chi connectivity index (χ1v) is 15.4. The number of imidazole rings is 1. The van der Waals surface area contributed by atoms with E-state index in [9.17, 15) is 5.26 Å². The molecule has 0 spiro atoms. The van der Waals surface area contributed by atoms with Crippen molar-refractivity contribution in [1.29, 1.82) is 5.26 Å². The Labute approximate surface area is 257 Å². The quantitative estimate of drug-likeness (QED) is 0.210. The summed E-state index contributed by atoms with van der Waals surface area (Å²) in [7, 11) is 0. The predicted octanol–water partition coefficient (Wildman–Crippen LogP) is 10.9. The van der Waals surface area contributed by atoms with Crippen LogP contribution < -0.4 is 0 Å². The molecule has 0 aliphatic carbocycles. The highest BCUT2D eigenvalue weighted by Gasteiger charge is 2.18. The molecule has 0 aliphatic rings. The van der Waals surface area contributed by atoms with Gasteiger partial charge < -0.3 is 0 Å². The summed E-state index contributed by atoms with van der Waals surface area (Å²) < 4.78 is 4.82. The van der Waals surface area contributed by atoms with Gasteiger partial charge in [0, 0.05) is 15.5 Å². The molecule has 0 saturated carbocycles. The molecule has 0 fully saturated rings. The SMILES string of the molecule is N#Cc1ccc(-c2ccc(-c3ccc(-c4cc5c6ccccc6sc5c5nc6ccccc6n45)cc3)c3ccccc23)cc1. The number of rotatable bonds is 3.